The lowest BCUT2D eigenvalue weighted by atomic mass is 10.1. The van der Waals surface area contributed by atoms with Crippen LogP contribution in [0.2, 0.25) is 5.02 Å². The monoisotopic (exact) mass is 441 g/mol. The molecule has 0 amide bonds. The zero-order valence-electron chi connectivity index (χ0n) is 15.8. The predicted octanol–water partition coefficient (Wildman–Crippen LogP) is 3.02. The summed E-state index contributed by atoms with van der Waals surface area (Å²) < 4.78 is 29.6. The summed E-state index contributed by atoms with van der Waals surface area (Å²) in [5, 5.41) is 10.3. The third-order valence-electron chi connectivity index (χ3n) is 4.54. The Labute approximate surface area is 175 Å². The molecule has 1 heterocycles. The highest BCUT2D eigenvalue weighted by atomic mass is 35.5. The van der Waals surface area contributed by atoms with Gasteiger partial charge in [-0.2, -0.15) is 0 Å². The number of nitrogens with one attached hydrogen (secondary N) is 1. The smallest absolute Gasteiger partial charge is 0.150 e. The van der Waals surface area contributed by atoms with Crippen LogP contribution in [0.15, 0.2) is 52.3 Å². The molecule has 0 aliphatic carbocycles. The molecule has 1 saturated heterocycles. The molecule has 9 heteroatoms. The molecule has 152 valence electrons. The molecule has 6 nitrogen and oxygen atoms in total. The number of aliphatic hydroxyl groups is 1. The summed E-state index contributed by atoms with van der Waals surface area (Å²) >= 11 is 6.16. The summed E-state index contributed by atoms with van der Waals surface area (Å²) in [6.07, 6.45) is 1.14. The van der Waals surface area contributed by atoms with Crippen LogP contribution < -0.4 is 9.62 Å². The number of rotatable bonds is 6. The van der Waals surface area contributed by atoms with Crippen molar-refractivity contribution in [3.05, 3.63) is 47.5 Å². The quantitative estimate of drug-likeness (QED) is 0.722. The number of aliphatic hydroxyl groups excluding tert-OH is 1. The standard InChI is InChI=1S/C19H24ClN3O3S2/c1-22(2)28(26)17-6-4-16(5-7-17)27(25)21-18-13-14(20)3-8-19(18)23-11-9-15(24)10-12-23/h3-8,13,15,21,24H,9-12H2,1-2H3. The van der Waals surface area contributed by atoms with E-state index in [9.17, 15) is 13.5 Å². The Morgan fingerprint density at radius 1 is 1.07 bits per heavy atom. The molecular formula is C19H24ClN3O3S2. The summed E-state index contributed by atoms with van der Waals surface area (Å²) in [5.74, 6) is 0. The van der Waals surface area contributed by atoms with Crippen molar-refractivity contribution < 1.29 is 13.5 Å². The molecule has 2 aromatic carbocycles. The lowest BCUT2D eigenvalue weighted by molar-refractivity contribution is 0.145. The van der Waals surface area contributed by atoms with Crippen LogP contribution in [0.1, 0.15) is 12.8 Å². The SMILES string of the molecule is CN(C)S(=O)c1ccc(S(=O)Nc2cc(Cl)ccc2N2CCC(O)CC2)cc1. The van der Waals surface area contributed by atoms with Gasteiger partial charge in [-0.05, 0) is 69.4 Å². The predicted molar refractivity (Wildman–Crippen MR) is 115 cm³/mol. The first-order valence-corrected chi connectivity index (χ1v) is 11.6. The number of halogens is 1. The summed E-state index contributed by atoms with van der Waals surface area (Å²) in [6, 6.07) is 12.3. The van der Waals surface area contributed by atoms with Gasteiger partial charge in [-0.25, -0.2) is 12.7 Å². The number of nitrogens with zero attached hydrogens (tertiary/aromatic N) is 2. The molecule has 0 spiro atoms. The second kappa shape index (κ2) is 9.37. The first-order valence-electron chi connectivity index (χ1n) is 8.95. The van der Waals surface area contributed by atoms with E-state index >= 15 is 0 Å². The second-order valence-electron chi connectivity index (χ2n) is 6.78. The summed E-state index contributed by atoms with van der Waals surface area (Å²) in [5.41, 5.74) is 1.60. The summed E-state index contributed by atoms with van der Waals surface area (Å²) in [7, 11) is 0.748. The van der Waals surface area contributed by atoms with Gasteiger partial charge in [0, 0.05) is 18.1 Å². The molecule has 2 N–H and O–H groups in total. The summed E-state index contributed by atoms with van der Waals surface area (Å²) in [4.78, 5) is 3.40. The van der Waals surface area contributed by atoms with Crippen molar-refractivity contribution in [2.75, 3.05) is 36.8 Å². The van der Waals surface area contributed by atoms with Gasteiger partial charge in [-0.15, -0.1) is 0 Å². The van der Waals surface area contributed by atoms with Crippen molar-refractivity contribution in [2.45, 2.75) is 28.7 Å². The molecular weight excluding hydrogens is 418 g/mol. The average molecular weight is 442 g/mol. The maximum Gasteiger partial charge on any atom is 0.150 e. The largest absolute Gasteiger partial charge is 0.393 e. The Hall–Kier alpha value is -1.45. The van der Waals surface area contributed by atoms with E-state index < -0.39 is 22.0 Å². The van der Waals surface area contributed by atoms with Gasteiger partial charge in [0.05, 0.1) is 27.3 Å². The van der Waals surface area contributed by atoms with E-state index in [1.165, 1.54) is 0 Å². The third-order valence-corrected chi connectivity index (χ3v) is 7.22. The van der Waals surface area contributed by atoms with Gasteiger partial charge >= 0.3 is 0 Å². The van der Waals surface area contributed by atoms with Crippen LogP contribution in [-0.4, -0.2) is 51.1 Å². The fraction of sp³-hybridized carbons (Fsp3) is 0.368. The van der Waals surface area contributed by atoms with Gasteiger partial charge in [0.1, 0.15) is 22.0 Å². The molecule has 0 radical (unpaired) electrons. The maximum absolute atomic E-state index is 12.8. The molecule has 1 aliphatic heterocycles. The molecule has 2 atom stereocenters. The van der Waals surface area contributed by atoms with E-state index in [1.807, 2.05) is 6.07 Å². The minimum Gasteiger partial charge on any atom is -0.393 e. The van der Waals surface area contributed by atoms with Crippen LogP contribution in [0, 0.1) is 0 Å². The molecule has 3 rings (SSSR count). The van der Waals surface area contributed by atoms with Crippen LogP contribution in [0.3, 0.4) is 0 Å². The highest BCUT2D eigenvalue weighted by Gasteiger charge is 2.20. The van der Waals surface area contributed by atoms with Crippen LogP contribution in [-0.2, 0) is 22.0 Å². The van der Waals surface area contributed by atoms with Gasteiger partial charge in [-0.1, -0.05) is 11.6 Å². The highest BCUT2D eigenvalue weighted by molar-refractivity contribution is 7.86. The van der Waals surface area contributed by atoms with E-state index in [4.69, 9.17) is 11.6 Å². The van der Waals surface area contributed by atoms with Crippen molar-refractivity contribution in [2.24, 2.45) is 0 Å². The zero-order valence-corrected chi connectivity index (χ0v) is 18.2. The molecule has 1 aliphatic rings. The fourth-order valence-electron chi connectivity index (χ4n) is 3.02. The van der Waals surface area contributed by atoms with Crippen molar-refractivity contribution >= 4 is 44.9 Å². The summed E-state index contributed by atoms with van der Waals surface area (Å²) in [6.45, 7) is 1.46. The van der Waals surface area contributed by atoms with Crippen molar-refractivity contribution in [1.82, 2.24) is 4.31 Å². The van der Waals surface area contributed by atoms with Gasteiger partial charge < -0.3 is 10.0 Å². The topological polar surface area (TPSA) is 72.9 Å². The first kappa shape index (κ1) is 21.3. The minimum absolute atomic E-state index is 0.264. The van der Waals surface area contributed by atoms with Gasteiger partial charge in [0.2, 0.25) is 0 Å². The van der Waals surface area contributed by atoms with E-state index in [2.05, 4.69) is 9.62 Å². The fourth-order valence-corrected chi connectivity index (χ4v) is 4.85. The highest BCUT2D eigenvalue weighted by Crippen LogP contribution is 2.32. The molecule has 2 unspecified atom stereocenters. The Morgan fingerprint density at radius 2 is 1.68 bits per heavy atom. The molecule has 0 saturated carbocycles. The average Bonchev–Trinajstić information content (AvgIpc) is 2.68. The number of anilines is 2. The van der Waals surface area contributed by atoms with E-state index in [0.717, 1.165) is 18.8 Å². The Kier molecular flexibility index (Phi) is 7.11. The molecule has 1 fully saturated rings. The number of hydrogen-bond donors (Lipinski definition) is 2. The van der Waals surface area contributed by atoms with Crippen LogP contribution in [0.4, 0.5) is 11.4 Å². The molecule has 0 aromatic heterocycles. The third kappa shape index (κ3) is 5.12. The number of hydrogen-bond acceptors (Lipinski definition) is 4. The van der Waals surface area contributed by atoms with Gasteiger partial charge in [0.15, 0.2) is 0 Å². The van der Waals surface area contributed by atoms with Crippen LogP contribution in [0.25, 0.3) is 0 Å². The van der Waals surface area contributed by atoms with E-state index in [-0.39, 0.29) is 6.10 Å². The van der Waals surface area contributed by atoms with Crippen molar-refractivity contribution in [1.29, 1.82) is 0 Å². The molecule has 28 heavy (non-hydrogen) atoms. The molecule has 0 bridgehead atoms. The normalized spacial score (nSPS) is 17.5. The zero-order chi connectivity index (χ0) is 20.3. The van der Waals surface area contributed by atoms with Crippen molar-refractivity contribution in [3.8, 4) is 0 Å². The number of piperidine rings is 1. The van der Waals surface area contributed by atoms with E-state index in [0.29, 0.717) is 33.3 Å². The minimum atomic E-state index is -1.49. The first-order chi connectivity index (χ1) is 13.3. The molecule has 2 aromatic rings. The lowest BCUT2D eigenvalue weighted by Gasteiger charge is -2.33. The Morgan fingerprint density at radius 3 is 2.29 bits per heavy atom. The maximum atomic E-state index is 12.8. The Balaban J connectivity index is 1.78. The number of benzene rings is 2. The second-order valence-corrected chi connectivity index (χ2v) is 10.1. The van der Waals surface area contributed by atoms with Gasteiger partial charge in [0.25, 0.3) is 0 Å². The van der Waals surface area contributed by atoms with Crippen molar-refractivity contribution in [3.63, 3.8) is 0 Å². The lowest BCUT2D eigenvalue weighted by Crippen LogP contribution is -2.36. The van der Waals surface area contributed by atoms with Crippen LogP contribution >= 0.6 is 11.6 Å². The van der Waals surface area contributed by atoms with E-state index in [1.54, 1.807) is 54.8 Å². The Bertz CT molecular complexity index is 869. The van der Waals surface area contributed by atoms with Crippen LogP contribution in [0.5, 0.6) is 0 Å². The van der Waals surface area contributed by atoms with Gasteiger partial charge in [-0.3, -0.25) is 4.72 Å².